The number of aryl methyl sites for hydroxylation is 1. The quantitative estimate of drug-likeness (QED) is 0.320. The molecule has 0 aliphatic rings. The molecule has 0 saturated carbocycles. The van der Waals surface area contributed by atoms with Crippen molar-refractivity contribution in [3.8, 4) is 0 Å². The summed E-state index contributed by atoms with van der Waals surface area (Å²) < 4.78 is 0. The van der Waals surface area contributed by atoms with Crippen molar-refractivity contribution in [1.29, 1.82) is 0 Å². The Kier molecular flexibility index (Phi) is 7.98. The minimum Gasteiger partial charge on any atom is -0.322 e. The van der Waals surface area contributed by atoms with Crippen LogP contribution in [-0.2, 0) is 5.41 Å². The highest BCUT2D eigenvalue weighted by molar-refractivity contribution is 7.80. The van der Waals surface area contributed by atoms with Gasteiger partial charge in [0.05, 0.1) is 0 Å². The van der Waals surface area contributed by atoms with E-state index in [-0.39, 0.29) is 22.3 Å². The second-order valence-electron chi connectivity index (χ2n) is 9.09. The van der Waals surface area contributed by atoms with Gasteiger partial charge in [-0.1, -0.05) is 50.6 Å². The molecule has 7 nitrogen and oxygen atoms in total. The second kappa shape index (κ2) is 10.9. The topological polar surface area (TPSA) is 99.3 Å². The average molecular weight is 489 g/mol. The largest absolute Gasteiger partial charge is 0.322 e. The molecule has 0 aliphatic heterocycles. The summed E-state index contributed by atoms with van der Waals surface area (Å²) in [4.78, 5) is 37.1. The SMILES string of the molecule is Cc1ccc(C(=O)NC(=S)NNC(=O)c2ccc(NC(=O)c3ccc(C(C)(C)C)cc3)cc2)cc1. The molecule has 0 atom stereocenters. The highest BCUT2D eigenvalue weighted by Gasteiger charge is 2.15. The van der Waals surface area contributed by atoms with Crippen LogP contribution in [0.25, 0.3) is 0 Å². The summed E-state index contributed by atoms with van der Waals surface area (Å²) in [7, 11) is 0. The van der Waals surface area contributed by atoms with Gasteiger partial charge in [-0.25, -0.2) is 0 Å². The Morgan fingerprint density at radius 3 is 1.71 bits per heavy atom. The molecule has 3 aromatic carbocycles. The first kappa shape index (κ1) is 25.6. The van der Waals surface area contributed by atoms with Crippen molar-refractivity contribution >= 4 is 40.7 Å². The van der Waals surface area contributed by atoms with Crippen LogP contribution in [0.2, 0.25) is 0 Å². The Labute approximate surface area is 210 Å². The molecule has 0 heterocycles. The van der Waals surface area contributed by atoms with Gasteiger partial charge in [-0.2, -0.15) is 0 Å². The fraction of sp³-hybridized carbons (Fsp3) is 0.185. The molecule has 0 spiro atoms. The molecule has 0 radical (unpaired) electrons. The van der Waals surface area contributed by atoms with Crippen LogP contribution >= 0.6 is 12.2 Å². The van der Waals surface area contributed by atoms with Crippen LogP contribution in [-0.4, -0.2) is 22.8 Å². The van der Waals surface area contributed by atoms with Gasteiger partial charge in [-0.15, -0.1) is 0 Å². The molecule has 0 saturated heterocycles. The number of carbonyl (C=O) groups is 3. The zero-order valence-corrected chi connectivity index (χ0v) is 20.9. The van der Waals surface area contributed by atoms with E-state index in [1.807, 2.05) is 31.2 Å². The summed E-state index contributed by atoms with van der Waals surface area (Å²) in [5.74, 6) is -1.07. The van der Waals surface area contributed by atoms with Crippen molar-refractivity contribution in [2.45, 2.75) is 33.1 Å². The molecule has 35 heavy (non-hydrogen) atoms. The van der Waals surface area contributed by atoms with Crippen molar-refractivity contribution in [3.05, 3.63) is 101 Å². The van der Waals surface area contributed by atoms with Crippen LogP contribution in [0.15, 0.2) is 72.8 Å². The van der Waals surface area contributed by atoms with Crippen molar-refractivity contribution in [1.82, 2.24) is 16.2 Å². The maximum Gasteiger partial charge on any atom is 0.269 e. The molecule has 0 fully saturated rings. The molecule has 180 valence electrons. The number of hydrazine groups is 1. The highest BCUT2D eigenvalue weighted by atomic mass is 32.1. The molecule has 0 bridgehead atoms. The van der Waals surface area contributed by atoms with Gasteiger partial charge in [0.25, 0.3) is 17.7 Å². The van der Waals surface area contributed by atoms with E-state index >= 15 is 0 Å². The molecule has 8 heteroatoms. The fourth-order valence-electron chi connectivity index (χ4n) is 3.13. The molecule has 3 amide bonds. The van der Waals surface area contributed by atoms with Crippen molar-refractivity contribution in [2.24, 2.45) is 0 Å². The molecular formula is C27H28N4O3S. The number of nitrogens with one attached hydrogen (secondary N) is 4. The maximum absolute atomic E-state index is 12.5. The molecule has 0 unspecified atom stereocenters. The third kappa shape index (κ3) is 7.22. The van der Waals surface area contributed by atoms with Crippen LogP contribution in [0.4, 0.5) is 5.69 Å². The fourth-order valence-corrected chi connectivity index (χ4v) is 3.27. The number of hydrogen-bond donors (Lipinski definition) is 4. The number of amides is 3. The Hall–Kier alpha value is -4.04. The average Bonchev–Trinajstić information content (AvgIpc) is 2.83. The third-order valence-electron chi connectivity index (χ3n) is 5.25. The van der Waals surface area contributed by atoms with Crippen molar-refractivity contribution in [2.75, 3.05) is 5.32 Å². The van der Waals surface area contributed by atoms with Gasteiger partial charge in [0.1, 0.15) is 0 Å². The van der Waals surface area contributed by atoms with Crippen LogP contribution in [0, 0.1) is 6.92 Å². The molecule has 0 aromatic heterocycles. The third-order valence-corrected chi connectivity index (χ3v) is 5.45. The monoisotopic (exact) mass is 488 g/mol. The van der Waals surface area contributed by atoms with Gasteiger partial charge >= 0.3 is 0 Å². The summed E-state index contributed by atoms with van der Waals surface area (Å²) in [6.07, 6.45) is 0. The summed E-state index contributed by atoms with van der Waals surface area (Å²) in [5.41, 5.74) is 9.04. The van der Waals surface area contributed by atoms with E-state index in [0.29, 0.717) is 22.4 Å². The Morgan fingerprint density at radius 2 is 1.14 bits per heavy atom. The Bertz CT molecular complexity index is 1230. The smallest absolute Gasteiger partial charge is 0.269 e. The lowest BCUT2D eigenvalue weighted by atomic mass is 9.87. The predicted octanol–water partition coefficient (Wildman–Crippen LogP) is 4.49. The van der Waals surface area contributed by atoms with Gasteiger partial charge in [0.2, 0.25) is 0 Å². The number of thiocarbonyl (C=S) groups is 1. The minimum atomic E-state index is -0.451. The highest BCUT2D eigenvalue weighted by Crippen LogP contribution is 2.22. The van der Waals surface area contributed by atoms with Gasteiger partial charge < -0.3 is 5.32 Å². The van der Waals surface area contributed by atoms with Gasteiger partial charge in [-0.3, -0.25) is 30.6 Å². The van der Waals surface area contributed by atoms with E-state index in [1.165, 1.54) is 0 Å². The molecular weight excluding hydrogens is 460 g/mol. The Morgan fingerprint density at radius 1 is 0.657 bits per heavy atom. The zero-order valence-electron chi connectivity index (χ0n) is 20.1. The number of hydrogen-bond acceptors (Lipinski definition) is 4. The molecule has 3 aromatic rings. The van der Waals surface area contributed by atoms with Gasteiger partial charge in [-0.05, 0) is 78.7 Å². The normalized spacial score (nSPS) is 10.7. The predicted molar refractivity (Wildman–Crippen MR) is 141 cm³/mol. The minimum absolute atomic E-state index is 0.0106. The summed E-state index contributed by atoms with van der Waals surface area (Å²) in [6.45, 7) is 8.27. The van der Waals surface area contributed by atoms with Crippen LogP contribution in [0.1, 0.15) is 63.0 Å². The molecule has 3 rings (SSSR count). The lowest BCUT2D eigenvalue weighted by Crippen LogP contribution is -2.48. The van der Waals surface area contributed by atoms with Crippen LogP contribution in [0.5, 0.6) is 0 Å². The van der Waals surface area contributed by atoms with Gasteiger partial charge in [0, 0.05) is 22.4 Å². The summed E-state index contributed by atoms with van der Waals surface area (Å²) >= 11 is 5.06. The standard InChI is InChI=1S/C27H28N4O3S/c1-17-5-7-18(8-6-17)24(33)29-26(35)31-30-25(34)20-11-15-22(16-12-20)28-23(32)19-9-13-21(14-10-19)27(2,3)4/h5-16H,1-4H3,(H,28,32)(H,30,34)(H2,29,31,33,35). The zero-order chi connectivity index (χ0) is 25.6. The van der Waals surface area contributed by atoms with Gasteiger partial charge in [0.15, 0.2) is 5.11 Å². The first-order valence-electron chi connectivity index (χ1n) is 11.0. The first-order valence-corrected chi connectivity index (χ1v) is 11.4. The van der Waals surface area contributed by atoms with E-state index in [2.05, 4.69) is 42.3 Å². The number of anilines is 1. The number of carbonyl (C=O) groups excluding carboxylic acids is 3. The van der Waals surface area contributed by atoms with E-state index in [0.717, 1.165) is 11.1 Å². The number of benzene rings is 3. The second-order valence-corrected chi connectivity index (χ2v) is 9.50. The van der Waals surface area contributed by atoms with E-state index in [9.17, 15) is 14.4 Å². The van der Waals surface area contributed by atoms with E-state index in [1.54, 1.807) is 48.5 Å². The Balaban J connectivity index is 1.50. The molecule has 0 aliphatic carbocycles. The first-order chi connectivity index (χ1) is 16.5. The van der Waals surface area contributed by atoms with Crippen molar-refractivity contribution in [3.63, 3.8) is 0 Å². The maximum atomic E-state index is 12.5. The van der Waals surface area contributed by atoms with E-state index in [4.69, 9.17) is 12.2 Å². The van der Waals surface area contributed by atoms with Crippen LogP contribution < -0.4 is 21.5 Å². The van der Waals surface area contributed by atoms with Crippen LogP contribution in [0.3, 0.4) is 0 Å². The van der Waals surface area contributed by atoms with Crippen molar-refractivity contribution < 1.29 is 14.4 Å². The number of rotatable bonds is 4. The lowest BCUT2D eigenvalue weighted by molar-refractivity contribution is 0.0934. The van der Waals surface area contributed by atoms with E-state index < -0.39 is 5.91 Å². The summed E-state index contributed by atoms with van der Waals surface area (Å²) in [6, 6.07) is 20.9. The lowest BCUT2D eigenvalue weighted by Gasteiger charge is -2.19. The molecule has 4 N–H and O–H groups in total. The summed E-state index contributed by atoms with van der Waals surface area (Å²) in [5, 5.41) is 5.28.